The molecule has 0 heterocycles. The van der Waals surface area contributed by atoms with E-state index in [0.717, 1.165) is 0 Å². The molecule has 0 rings (SSSR count). The predicted octanol–water partition coefficient (Wildman–Crippen LogP) is -1.30. The van der Waals surface area contributed by atoms with Crippen LogP contribution in [0.4, 0.5) is 8.78 Å². The van der Waals surface area contributed by atoms with Gasteiger partial charge in [-0.1, -0.05) is 13.2 Å². The van der Waals surface area contributed by atoms with Crippen molar-refractivity contribution in [3.8, 4) is 0 Å². The van der Waals surface area contributed by atoms with Crippen LogP contribution in [0.15, 0.2) is 24.3 Å². The third kappa shape index (κ3) is 65.5. The van der Waals surface area contributed by atoms with Gasteiger partial charge in [-0.15, -0.1) is 0 Å². The summed E-state index contributed by atoms with van der Waals surface area (Å²) < 4.78 is 20.9. The molecular formula is C12H16CuF2O8. The third-order valence-electron chi connectivity index (χ3n) is 0.948. The Kier molecular flexibility index (Phi) is 31.2. The number of aliphatic carboxylic acids is 4. The van der Waals surface area contributed by atoms with Crippen LogP contribution in [0, 0.1) is 0 Å². The molecule has 0 aromatic carbocycles. The first-order valence-electron chi connectivity index (χ1n) is 5.12. The molecule has 0 fully saturated rings. The van der Waals surface area contributed by atoms with Gasteiger partial charge in [0, 0.05) is 11.1 Å². The van der Waals surface area contributed by atoms with Gasteiger partial charge in [0.05, 0.1) is 11.9 Å². The molecule has 0 atom stereocenters. The number of carboxylic acid groups (broad SMARTS) is 4. The minimum atomic E-state index is -1.66. The predicted molar refractivity (Wildman–Crippen MR) is 66.9 cm³/mol. The van der Waals surface area contributed by atoms with Crippen molar-refractivity contribution >= 4 is 23.9 Å². The molecule has 0 aliphatic carbocycles. The van der Waals surface area contributed by atoms with Crippen molar-refractivity contribution in [1.29, 1.82) is 0 Å². The van der Waals surface area contributed by atoms with Crippen molar-refractivity contribution in [2.24, 2.45) is 0 Å². The van der Waals surface area contributed by atoms with Crippen molar-refractivity contribution < 1.29 is 65.5 Å². The van der Waals surface area contributed by atoms with E-state index in [-0.39, 0.29) is 28.2 Å². The van der Waals surface area contributed by atoms with Gasteiger partial charge >= 0.3 is 29.0 Å². The summed E-state index contributed by atoms with van der Waals surface area (Å²) in [5.74, 6) is -5.19. The first-order chi connectivity index (χ1) is 9.83. The Morgan fingerprint density at radius 2 is 0.913 bits per heavy atom. The number of rotatable bonds is 4. The molecular weight excluding hydrogens is 374 g/mol. The van der Waals surface area contributed by atoms with Gasteiger partial charge in [0.25, 0.3) is 0 Å². The van der Waals surface area contributed by atoms with Crippen molar-refractivity contribution in [3.63, 3.8) is 0 Å². The molecule has 0 saturated heterocycles. The standard InChI is InChI=1S/2C4H6O2.2C2H3FO2.Cu/c2*1-3(2)4(5)6;2*3-1-2(4)5;/h2*1H2,2H3,(H,5,6);2*1H2,(H,4,5);/q;;;;+2/p-2. The Labute approximate surface area is 141 Å². The molecule has 11 heteroatoms. The monoisotopic (exact) mass is 389 g/mol. The van der Waals surface area contributed by atoms with Crippen molar-refractivity contribution in [2.75, 3.05) is 13.3 Å². The molecule has 0 spiro atoms. The van der Waals surface area contributed by atoms with Gasteiger partial charge in [0.1, 0.15) is 13.3 Å². The molecule has 1 radical (unpaired) electrons. The maximum atomic E-state index is 10.5. The Morgan fingerprint density at radius 3 is 0.913 bits per heavy atom. The molecule has 8 nitrogen and oxygen atoms in total. The molecule has 0 saturated carbocycles. The van der Waals surface area contributed by atoms with Gasteiger partial charge < -0.3 is 30.0 Å². The number of carbonyl (C=O) groups excluding carboxylic acids is 2. The first-order valence-corrected chi connectivity index (χ1v) is 5.12. The first kappa shape index (κ1) is 32.6. The fourth-order valence-corrected chi connectivity index (χ4v) is 0. The van der Waals surface area contributed by atoms with Crippen LogP contribution in [-0.2, 0) is 36.2 Å². The quantitative estimate of drug-likeness (QED) is 0.444. The van der Waals surface area contributed by atoms with Crippen molar-refractivity contribution in [1.82, 2.24) is 0 Å². The van der Waals surface area contributed by atoms with Crippen LogP contribution in [0.1, 0.15) is 13.8 Å². The van der Waals surface area contributed by atoms with Crippen LogP contribution in [0.2, 0.25) is 0 Å². The van der Waals surface area contributed by atoms with E-state index in [0.29, 0.717) is 0 Å². The van der Waals surface area contributed by atoms with Crippen LogP contribution in [0.3, 0.4) is 0 Å². The van der Waals surface area contributed by atoms with Crippen LogP contribution >= 0.6 is 0 Å². The summed E-state index contributed by atoms with van der Waals surface area (Å²) >= 11 is 0. The molecule has 0 amide bonds. The average molecular weight is 390 g/mol. The Hall–Kier alpha value is -2.26. The molecule has 0 unspecified atom stereocenters. The van der Waals surface area contributed by atoms with Gasteiger partial charge in [-0.25, -0.2) is 18.4 Å². The molecule has 0 aromatic rings. The summed E-state index contributed by atoms with van der Waals surface area (Å²) in [7, 11) is 0. The van der Waals surface area contributed by atoms with E-state index in [4.69, 9.17) is 30.0 Å². The number of hydrogen-bond acceptors (Lipinski definition) is 6. The van der Waals surface area contributed by atoms with Gasteiger partial charge in [-0.05, 0) is 13.8 Å². The van der Waals surface area contributed by atoms with Gasteiger partial charge in [0.15, 0.2) is 0 Å². The van der Waals surface area contributed by atoms with Crippen LogP contribution in [0.5, 0.6) is 0 Å². The molecule has 0 aliphatic rings. The summed E-state index contributed by atoms with van der Waals surface area (Å²) in [4.78, 5) is 37.0. The summed E-state index contributed by atoms with van der Waals surface area (Å²) in [5, 5.41) is 33.5. The van der Waals surface area contributed by atoms with E-state index in [1.165, 1.54) is 13.8 Å². The Morgan fingerprint density at radius 1 is 0.826 bits per heavy atom. The van der Waals surface area contributed by atoms with Gasteiger partial charge in [-0.3, -0.25) is 0 Å². The fraction of sp³-hybridized carbons (Fsp3) is 0.333. The number of carboxylic acids is 4. The van der Waals surface area contributed by atoms with E-state index in [1.54, 1.807) is 0 Å². The maximum Gasteiger partial charge on any atom is 2.00 e. The summed E-state index contributed by atoms with van der Waals surface area (Å²) in [6.07, 6.45) is 0. The van der Waals surface area contributed by atoms with E-state index in [1.807, 2.05) is 0 Å². The zero-order chi connectivity index (χ0) is 18.9. The van der Waals surface area contributed by atoms with E-state index in [9.17, 15) is 18.4 Å². The second kappa shape index (κ2) is 22.0. The molecule has 0 aromatic heterocycles. The average Bonchev–Trinajstić information content (AvgIpc) is 2.40. The second-order valence-corrected chi connectivity index (χ2v) is 3.18. The summed E-state index contributed by atoms with van der Waals surface area (Å²) in [5.41, 5.74) is 0.352. The molecule has 23 heavy (non-hydrogen) atoms. The maximum absolute atomic E-state index is 10.5. The largest absolute Gasteiger partial charge is 2.00 e. The van der Waals surface area contributed by atoms with Crippen molar-refractivity contribution in [3.05, 3.63) is 24.3 Å². The zero-order valence-electron chi connectivity index (χ0n) is 12.2. The van der Waals surface area contributed by atoms with E-state index >= 15 is 0 Å². The van der Waals surface area contributed by atoms with Crippen molar-refractivity contribution in [2.45, 2.75) is 13.8 Å². The topological polar surface area (TPSA) is 155 Å². The van der Waals surface area contributed by atoms with Gasteiger partial charge in [0.2, 0.25) is 0 Å². The minimum Gasteiger partial charge on any atom is -0.547 e. The summed E-state index contributed by atoms with van der Waals surface area (Å²) in [6.45, 7) is 6.43. The fourth-order valence-electron chi connectivity index (χ4n) is 0. The normalized spacial score (nSPS) is 7.13. The smallest absolute Gasteiger partial charge is 0.547 e. The number of carbonyl (C=O) groups is 4. The molecule has 137 valence electrons. The van der Waals surface area contributed by atoms with Crippen LogP contribution in [0.25, 0.3) is 0 Å². The molecule has 0 aliphatic heterocycles. The van der Waals surface area contributed by atoms with Crippen LogP contribution < -0.4 is 10.2 Å². The third-order valence-corrected chi connectivity index (χ3v) is 0.948. The van der Waals surface area contributed by atoms with E-state index in [2.05, 4.69) is 13.2 Å². The Balaban J connectivity index is -0.0000000620. The SMILES string of the molecule is C=C(C)C(=O)O.C=C(C)C(=O)O.O=C([O-])CF.O=C([O-])CF.[Cu+2]. The summed E-state index contributed by atoms with van der Waals surface area (Å²) in [6, 6.07) is 0. The molecule has 0 bridgehead atoms. The van der Waals surface area contributed by atoms with Crippen LogP contribution in [-0.4, -0.2) is 47.4 Å². The molecule has 2 N–H and O–H groups in total. The zero-order valence-corrected chi connectivity index (χ0v) is 13.2. The minimum absolute atomic E-state index is 0. The van der Waals surface area contributed by atoms with Gasteiger partial charge in [-0.2, -0.15) is 0 Å². The number of halogens is 2. The second-order valence-electron chi connectivity index (χ2n) is 3.18. The number of hydrogen-bond donors (Lipinski definition) is 2. The van der Waals surface area contributed by atoms with E-state index < -0.39 is 37.2 Å². The Bertz CT molecular complexity index is 348. The number of alkyl halides is 2.